The molecule has 0 radical (unpaired) electrons. The van der Waals surface area contributed by atoms with Gasteiger partial charge >= 0.3 is 11.9 Å². The summed E-state index contributed by atoms with van der Waals surface area (Å²) < 4.78 is 4.23. The second-order valence-electron chi connectivity index (χ2n) is 2.49. The van der Waals surface area contributed by atoms with Crippen molar-refractivity contribution in [2.24, 2.45) is 0 Å². The highest BCUT2D eigenvalue weighted by Crippen LogP contribution is 2.19. The first-order valence-electron chi connectivity index (χ1n) is 3.34. The summed E-state index contributed by atoms with van der Waals surface area (Å²) in [5, 5.41) is 8.27. The van der Waals surface area contributed by atoms with Crippen molar-refractivity contribution in [3.05, 3.63) is 0 Å². The Balaban J connectivity index is 4.54. The number of ketones is 1. The first-order chi connectivity index (χ1) is 5.82. The van der Waals surface area contributed by atoms with E-state index in [-0.39, 0.29) is 0 Å². The number of hydrogen-bond acceptors (Lipinski definition) is 4. The van der Waals surface area contributed by atoms with Gasteiger partial charge in [0.25, 0.3) is 0 Å². The summed E-state index contributed by atoms with van der Waals surface area (Å²) in [5.41, 5.74) is 0. The number of esters is 1. The molecule has 0 bridgehead atoms. The molecule has 1 unspecified atom stereocenters. The molecule has 1 N–H and O–H groups in total. The molecule has 0 rings (SSSR count). The zero-order chi connectivity index (χ0) is 10.6. The van der Waals surface area contributed by atoms with Crippen molar-refractivity contribution < 1.29 is 24.2 Å². The molecule has 0 spiro atoms. The average molecular weight is 209 g/mol. The maximum absolute atomic E-state index is 11.1. The lowest BCUT2D eigenvalue weighted by molar-refractivity contribution is -0.148. The summed E-state index contributed by atoms with van der Waals surface area (Å²) in [6, 6.07) is 0. The van der Waals surface area contributed by atoms with Crippen LogP contribution in [0.15, 0.2) is 0 Å². The molecule has 0 amide bonds. The number of Topliss-reactive ketones (excluding diaryl/α,β-unsaturated/α-hetero) is 1. The molecular formula is C7H9ClO5. The van der Waals surface area contributed by atoms with Crippen LogP contribution in [0.3, 0.4) is 0 Å². The fourth-order valence-electron chi connectivity index (χ4n) is 0.609. The molecule has 1 atom stereocenters. The number of carboxylic acids is 1. The van der Waals surface area contributed by atoms with Gasteiger partial charge in [0.15, 0.2) is 10.7 Å². The molecule has 74 valence electrons. The van der Waals surface area contributed by atoms with Crippen LogP contribution < -0.4 is 0 Å². The minimum absolute atomic E-state index is 0.797. The quantitative estimate of drug-likeness (QED) is 0.406. The number of hydrogen-bond donors (Lipinski definition) is 1. The normalized spacial score (nSPS) is 14.4. The maximum atomic E-state index is 11.1. The van der Waals surface area contributed by atoms with E-state index in [1.54, 1.807) is 0 Å². The van der Waals surface area contributed by atoms with Crippen molar-refractivity contribution in [2.45, 2.75) is 18.2 Å². The molecule has 0 saturated carbocycles. The molecule has 0 aromatic rings. The van der Waals surface area contributed by atoms with Crippen LogP contribution >= 0.6 is 11.6 Å². The molecule has 0 aliphatic carbocycles. The number of carbonyl (C=O) groups excluding carboxylic acids is 2. The lowest BCUT2D eigenvalue weighted by atomic mass is 10.0. The molecule has 13 heavy (non-hydrogen) atoms. The van der Waals surface area contributed by atoms with Crippen molar-refractivity contribution in [3.8, 4) is 0 Å². The second kappa shape index (κ2) is 4.23. The largest absolute Gasteiger partial charge is 0.481 e. The zero-order valence-electron chi connectivity index (χ0n) is 7.17. The van der Waals surface area contributed by atoms with E-state index in [1.807, 2.05) is 0 Å². The first-order valence-corrected chi connectivity index (χ1v) is 3.72. The Hall–Kier alpha value is -1.10. The van der Waals surface area contributed by atoms with Gasteiger partial charge in [0.05, 0.1) is 7.11 Å². The SMILES string of the molecule is COC(=O)C(C)(Cl)C(=O)CC(=O)O. The number of ether oxygens (including phenoxy) is 1. The second-order valence-corrected chi connectivity index (χ2v) is 3.24. The molecule has 0 aromatic heterocycles. The predicted molar refractivity (Wildman–Crippen MR) is 43.5 cm³/mol. The third-order valence-electron chi connectivity index (χ3n) is 1.40. The van der Waals surface area contributed by atoms with Crippen LogP contribution in [0.25, 0.3) is 0 Å². The highest BCUT2D eigenvalue weighted by atomic mass is 35.5. The van der Waals surface area contributed by atoms with Crippen LogP contribution in [0, 0.1) is 0 Å². The molecule has 0 aliphatic rings. The highest BCUT2D eigenvalue weighted by Gasteiger charge is 2.40. The van der Waals surface area contributed by atoms with Crippen LogP contribution in [-0.2, 0) is 19.1 Å². The van der Waals surface area contributed by atoms with E-state index in [2.05, 4.69) is 4.74 Å². The Morgan fingerprint density at radius 1 is 1.46 bits per heavy atom. The van der Waals surface area contributed by atoms with Gasteiger partial charge in [-0.15, -0.1) is 0 Å². The van der Waals surface area contributed by atoms with Gasteiger partial charge in [0, 0.05) is 0 Å². The summed E-state index contributed by atoms with van der Waals surface area (Å²) >= 11 is 5.49. The van der Waals surface area contributed by atoms with Crippen molar-refractivity contribution in [2.75, 3.05) is 7.11 Å². The fourth-order valence-corrected chi connectivity index (χ4v) is 0.753. The van der Waals surface area contributed by atoms with Gasteiger partial charge in [-0.05, 0) is 6.92 Å². The number of carboxylic acid groups (broad SMARTS) is 1. The first kappa shape index (κ1) is 11.9. The van der Waals surface area contributed by atoms with Gasteiger partial charge in [0.1, 0.15) is 6.42 Å². The van der Waals surface area contributed by atoms with E-state index >= 15 is 0 Å². The molecule has 0 heterocycles. The van der Waals surface area contributed by atoms with Gasteiger partial charge in [-0.25, -0.2) is 4.79 Å². The van der Waals surface area contributed by atoms with Crippen LogP contribution in [0.1, 0.15) is 13.3 Å². The lowest BCUT2D eigenvalue weighted by Gasteiger charge is -2.15. The highest BCUT2D eigenvalue weighted by molar-refractivity contribution is 6.46. The van der Waals surface area contributed by atoms with Crippen LogP contribution in [0.2, 0.25) is 0 Å². The number of rotatable bonds is 4. The summed E-state index contributed by atoms with van der Waals surface area (Å²) in [6.07, 6.45) is -0.797. The molecule has 5 nitrogen and oxygen atoms in total. The zero-order valence-corrected chi connectivity index (χ0v) is 7.92. The predicted octanol–water partition coefficient (Wildman–Crippen LogP) is 0.201. The smallest absolute Gasteiger partial charge is 0.334 e. The number of methoxy groups -OCH3 is 1. The maximum Gasteiger partial charge on any atom is 0.334 e. The minimum atomic E-state index is -1.91. The van der Waals surface area contributed by atoms with E-state index < -0.39 is 29.0 Å². The number of alkyl halides is 1. The fraction of sp³-hybridized carbons (Fsp3) is 0.571. The summed E-state index contributed by atoms with van der Waals surface area (Å²) in [7, 11) is 1.07. The minimum Gasteiger partial charge on any atom is -0.481 e. The van der Waals surface area contributed by atoms with Gasteiger partial charge in [-0.3, -0.25) is 9.59 Å². The van der Waals surface area contributed by atoms with Gasteiger partial charge in [-0.2, -0.15) is 0 Å². The van der Waals surface area contributed by atoms with Gasteiger partial charge < -0.3 is 9.84 Å². The molecular weight excluding hydrogens is 200 g/mol. The third-order valence-corrected chi connectivity index (χ3v) is 1.77. The molecule has 0 aliphatic heterocycles. The summed E-state index contributed by atoms with van der Waals surface area (Å²) in [4.78, 5) is 30.2. The van der Waals surface area contributed by atoms with E-state index in [1.165, 1.54) is 0 Å². The lowest BCUT2D eigenvalue weighted by Crippen LogP contribution is -2.40. The number of halogens is 1. The average Bonchev–Trinajstić information content (AvgIpc) is 2.01. The number of carbonyl (C=O) groups is 3. The molecule has 0 fully saturated rings. The molecule has 0 saturated heterocycles. The van der Waals surface area contributed by atoms with Crippen LogP contribution in [0.5, 0.6) is 0 Å². The Morgan fingerprint density at radius 3 is 2.23 bits per heavy atom. The van der Waals surface area contributed by atoms with Crippen LogP contribution in [-0.4, -0.2) is 34.8 Å². The Bertz CT molecular complexity index is 245. The third kappa shape index (κ3) is 3.02. The van der Waals surface area contributed by atoms with E-state index in [0.29, 0.717) is 0 Å². The van der Waals surface area contributed by atoms with Gasteiger partial charge in [-0.1, -0.05) is 11.6 Å². The van der Waals surface area contributed by atoms with Crippen LogP contribution in [0.4, 0.5) is 0 Å². The van der Waals surface area contributed by atoms with Gasteiger partial charge in [0.2, 0.25) is 0 Å². The summed E-state index contributed by atoms with van der Waals surface area (Å²) in [5.74, 6) is -3.19. The van der Waals surface area contributed by atoms with Crippen molar-refractivity contribution in [3.63, 3.8) is 0 Å². The Morgan fingerprint density at radius 2 is 1.92 bits per heavy atom. The van der Waals surface area contributed by atoms with E-state index in [0.717, 1.165) is 14.0 Å². The summed E-state index contributed by atoms with van der Waals surface area (Å²) in [6.45, 7) is 1.10. The van der Waals surface area contributed by atoms with Crippen molar-refractivity contribution in [1.82, 2.24) is 0 Å². The standard InChI is InChI=1S/C7H9ClO5/c1-7(8,6(12)13-2)4(9)3-5(10)11/h3H2,1-2H3,(H,10,11). The Labute approximate surface area is 79.6 Å². The van der Waals surface area contributed by atoms with E-state index in [9.17, 15) is 14.4 Å². The monoisotopic (exact) mass is 208 g/mol. The Kier molecular flexibility index (Phi) is 3.87. The topological polar surface area (TPSA) is 80.7 Å². The number of aliphatic carboxylic acids is 1. The van der Waals surface area contributed by atoms with Crippen molar-refractivity contribution in [1.29, 1.82) is 0 Å². The van der Waals surface area contributed by atoms with Crippen molar-refractivity contribution >= 4 is 29.3 Å². The molecule has 0 aromatic carbocycles. The molecule has 6 heteroatoms. The van der Waals surface area contributed by atoms with E-state index in [4.69, 9.17) is 16.7 Å².